The van der Waals surface area contributed by atoms with Gasteiger partial charge in [0.2, 0.25) is 5.75 Å². The van der Waals surface area contributed by atoms with Crippen LogP contribution in [0.1, 0.15) is 21.5 Å². The van der Waals surface area contributed by atoms with Gasteiger partial charge in [-0.15, -0.1) is 0 Å². The Labute approximate surface area is 200 Å². The van der Waals surface area contributed by atoms with Crippen LogP contribution in [-0.4, -0.2) is 22.7 Å². The molecule has 0 atom stereocenters. The van der Waals surface area contributed by atoms with Crippen molar-refractivity contribution in [3.8, 4) is 5.75 Å². The molecule has 3 aromatic carbocycles. The van der Waals surface area contributed by atoms with E-state index in [1.807, 2.05) is 0 Å². The van der Waals surface area contributed by atoms with Crippen molar-refractivity contribution in [1.29, 1.82) is 0 Å². The van der Waals surface area contributed by atoms with Crippen LogP contribution in [0.2, 0.25) is 0 Å². The van der Waals surface area contributed by atoms with Gasteiger partial charge in [0, 0.05) is 11.6 Å². The molecule has 0 aliphatic carbocycles. The highest BCUT2D eigenvalue weighted by Gasteiger charge is 2.35. The first kappa shape index (κ1) is 24.1. The minimum atomic E-state index is -4.73. The van der Waals surface area contributed by atoms with Crippen molar-refractivity contribution in [2.24, 2.45) is 0 Å². The van der Waals surface area contributed by atoms with Crippen molar-refractivity contribution >= 4 is 35.2 Å². The molecular weight excluding hydrogens is 483 g/mol. The molecule has 1 fully saturated rings. The largest absolute Gasteiger partial charge is 0.416 e. The van der Waals surface area contributed by atoms with Crippen molar-refractivity contribution in [2.75, 3.05) is 5.01 Å². The molecule has 0 radical (unpaired) electrons. The Morgan fingerprint density at radius 3 is 2.36 bits per heavy atom. The summed E-state index contributed by atoms with van der Waals surface area (Å²) in [5, 5.41) is 12.5. The molecule has 0 spiro atoms. The second-order valence-corrected chi connectivity index (χ2v) is 7.40. The average molecular weight is 497 g/mol. The van der Waals surface area contributed by atoms with E-state index in [4.69, 9.17) is 4.74 Å². The number of ether oxygens (including phenoxy) is 1. The van der Waals surface area contributed by atoms with Crippen LogP contribution in [0, 0.1) is 10.1 Å². The lowest BCUT2D eigenvalue weighted by atomic mass is 10.1. The molecule has 0 unspecified atom stereocenters. The molecule has 1 saturated heterocycles. The summed E-state index contributed by atoms with van der Waals surface area (Å²) >= 11 is 0. The maximum atomic E-state index is 13.0. The molecule has 182 valence electrons. The number of carbonyl (C=O) groups excluding carboxylic acids is 3. The molecule has 0 bridgehead atoms. The first-order valence-corrected chi connectivity index (χ1v) is 10.2. The third kappa shape index (κ3) is 4.78. The number of para-hydroxylation sites is 2. The topological polar surface area (TPSA) is 119 Å². The summed E-state index contributed by atoms with van der Waals surface area (Å²) in [7, 11) is 0. The molecule has 9 nitrogen and oxygen atoms in total. The van der Waals surface area contributed by atoms with Crippen LogP contribution in [0.3, 0.4) is 0 Å². The molecular formula is C24H14F3N3O6. The van der Waals surface area contributed by atoms with Crippen molar-refractivity contribution in [3.63, 3.8) is 0 Å². The van der Waals surface area contributed by atoms with E-state index in [9.17, 15) is 37.7 Å². The first-order valence-electron chi connectivity index (χ1n) is 10.2. The molecule has 4 rings (SSSR count). The summed E-state index contributed by atoms with van der Waals surface area (Å²) in [6, 6.07) is 14.9. The Hall–Kier alpha value is -5.00. The van der Waals surface area contributed by atoms with E-state index in [1.165, 1.54) is 12.1 Å². The SMILES string of the molecule is O=C1NN(c2ccccc2)C(=O)C1=Cc1cccc([N+](=O)[O-])c1OC(=O)c1cccc(C(F)(F)F)c1. The minimum absolute atomic E-state index is 0.182. The van der Waals surface area contributed by atoms with Crippen LogP contribution in [-0.2, 0) is 15.8 Å². The Morgan fingerprint density at radius 1 is 1.00 bits per heavy atom. The third-order valence-corrected chi connectivity index (χ3v) is 5.05. The smallest absolute Gasteiger partial charge is 0.415 e. The van der Waals surface area contributed by atoms with Gasteiger partial charge in [-0.1, -0.05) is 36.4 Å². The van der Waals surface area contributed by atoms with Crippen LogP contribution >= 0.6 is 0 Å². The second kappa shape index (κ2) is 9.33. The van der Waals surface area contributed by atoms with E-state index < -0.39 is 57.0 Å². The number of hydrogen-bond acceptors (Lipinski definition) is 6. The number of nitro benzene ring substituents is 1. The molecule has 1 aliphatic heterocycles. The number of nitro groups is 1. The van der Waals surface area contributed by atoms with Crippen LogP contribution in [0.15, 0.2) is 78.4 Å². The zero-order valence-electron chi connectivity index (χ0n) is 18.0. The Kier molecular flexibility index (Phi) is 6.26. The first-order chi connectivity index (χ1) is 17.1. The summed E-state index contributed by atoms with van der Waals surface area (Å²) < 4.78 is 44.2. The van der Waals surface area contributed by atoms with Gasteiger partial charge in [-0.05, 0) is 36.4 Å². The van der Waals surface area contributed by atoms with E-state index >= 15 is 0 Å². The fourth-order valence-electron chi connectivity index (χ4n) is 3.36. The number of halogens is 3. The number of hydrogen-bond donors (Lipinski definition) is 1. The number of carbonyl (C=O) groups is 3. The standard InChI is InChI=1S/C24H14F3N3O6/c25-24(26,27)16-8-4-7-15(12-16)23(33)36-20-14(6-5-11-19(20)30(34)35)13-18-21(31)28-29(22(18)32)17-9-2-1-3-10-17/h1-13H,(H,28,31). The maximum Gasteiger partial charge on any atom is 0.416 e. The molecule has 3 aromatic rings. The van der Waals surface area contributed by atoms with Crippen LogP contribution in [0.4, 0.5) is 24.5 Å². The van der Waals surface area contributed by atoms with Crippen molar-refractivity contribution in [1.82, 2.24) is 5.43 Å². The zero-order chi connectivity index (χ0) is 26.0. The number of alkyl halides is 3. The van der Waals surface area contributed by atoms with Gasteiger partial charge in [0.15, 0.2) is 0 Å². The molecule has 12 heteroatoms. The summed E-state index contributed by atoms with van der Waals surface area (Å²) in [5.74, 6) is -3.53. The van der Waals surface area contributed by atoms with Gasteiger partial charge in [0.25, 0.3) is 11.8 Å². The number of hydrazine groups is 1. The van der Waals surface area contributed by atoms with Crippen LogP contribution in [0.25, 0.3) is 6.08 Å². The normalized spacial score (nSPS) is 14.6. The lowest BCUT2D eigenvalue weighted by Crippen LogP contribution is -2.35. The molecule has 0 aromatic heterocycles. The lowest BCUT2D eigenvalue weighted by Gasteiger charge is -2.14. The highest BCUT2D eigenvalue weighted by Crippen LogP contribution is 2.35. The Morgan fingerprint density at radius 2 is 1.69 bits per heavy atom. The molecule has 1 aliphatic rings. The van der Waals surface area contributed by atoms with E-state index in [1.54, 1.807) is 30.3 Å². The van der Waals surface area contributed by atoms with E-state index in [0.29, 0.717) is 11.8 Å². The van der Waals surface area contributed by atoms with Gasteiger partial charge in [0.1, 0.15) is 5.57 Å². The van der Waals surface area contributed by atoms with Crippen molar-refractivity contribution in [3.05, 3.63) is 105 Å². The Balaban J connectivity index is 1.72. The van der Waals surface area contributed by atoms with Crippen LogP contribution in [0.5, 0.6) is 5.75 Å². The minimum Gasteiger partial charge on any atom is -0.415 e. The number of nitrogens with zero attached hydrogens (tertiary/aromatic N) is 2. The van der Waals surface area contributed by atoms with E-state index in [2.05, 4.69) is 5.43 Å². The molecule has 1 N–H and O–H groups in total. The molecule has 1 heterocycles. The summed E-state index contributed by atoms with van der Waals surface area (Å²) in [4.78, 5) is 48.7. The van der Waals surface area contributed by atoms with Gasteiger partial charge in [0.05, 0.1) is 21.7 Å². The highest BCUT2D eigenvalue weighted by atomic mass is 19.4. The zero-order valence-corrected chi connectivity index (χ0v) is 18.0. The quantitative estimate of drug-likeness (QED) is 0.140. The Bertz CT molecular complexity index is 1420. The number of benzene rings is 3. The number of anilines is 1. The maximum absolute atomic E-state index is 13.0. The van der Waals surface area contributed by atoms with Crippen molar-refractivity contribution in [2.45, 2.75) is 6.18 Å². The van der Waals surface area contributed by atoms with E-state index in [-0.39, 0.29) is 5.56 Å². The number of nitrogens with one attached hydrogen (secondary N) is 1. The number of rotatable bonds is 5. The highest BCUT2D eigenvalue weighted by molar-refractivity contribution is 6.31. The van der Waals surface area contributed by atoms with E-state index in [0.717, 1.165) is 35.4 Å². The fraction of sp³-hybridized carbons (Fsp3) is 0.0417. The third-order valence-electron chi connectivity index (χ3n) is 5.05. The fourth-order valence-corrected chi connectivity index (χ4v) is 3.36. The van der Waals surface area contributed by atoms with Gasteiger partial charge in [-0.25, -0.2) is 9.80 Å². The van der Waals surface area contributed by atoms with Gasteiger partial charge in [-0.2, -0.15) is 13.2 Å². The van der Waals surface area contributed by atoms with Gasteiger partial charge >= 0.3 is 17.8 Å². The number of esters is 1. The predicted octanol–water partition coefficient (Wildman–Crippen LogP) is 4.29. The van der Waals surface area contributed by atoms with Gasteiger partial charge < -0.3 is 4.74 Å². The number of amides is 2. The second-order valence-electron chi connectivity index (χ2n) is 7.40. The van der Waals surface area contributed by atoms with Gasteiger partial charge in [-0.3, -0.25) is 25.1 Å². The molecule has 0 saturated carbocycles. The van der Waals surface area contributed by atoms with Crippen molar-refractivity contribution < 1.29 is 37.2 Å². The predicted molar refractivity (Wildman–Crippen MR) is 120 cm³/mol. The summed E-state index contributed by atoms with van der Waals surface area (Å²) in [5.41, 5.74) is -0.192. The monoisotopic (exact) mass is 497 g/mol. The lowest BCUT2D eigenvalue weighted by molar-refractivity contribution is -0.385. The summed E-state index contributed by atoms with van der Waals surface area (Å²) in [6.45, 7) is 0. The molecule has 2 amide bonds. The molecule has 36 heavy (non-hydrogen) atoms. The summed E-state index contributed by atoms with van der Waals surface area (Å²) in [6.07, 6.45) is -3.73. The van der Waals surface area contributed by atoms with Crippen LogP contribution < -0.4 is 15.2 Å². The average Bonchev–Trinajstić information content (AvgIpc) is 3.13.